The first-order valence-corrected chi connectivity index (χ1v) is 9.57. The fraction of sp³-hybridized carbons (Fsp3) is 0.304. The van der Waals surface area contributed by atoms with Crippen molar-refractivity contribution in [2.45, 2.75) is 39.0 Å². The molecular weight excluding hydrogens is 336 g/mol. The standard InChI is InChI=1S/C23H26N2O2/c1-2-3-16-27-21-8-5-7-19(17-21)22-14-15-24-23(25-22)9-4-6-18-10-12-20(26)13-11-18/h5,7-8,10-15,17,26H,2-4,6,9,16H2,1H3. The normalized spacial score (nSPS) is 10.7. The van der Waals surface area contributed by atoms with E-state index < -0.39 is 0 Å². The summed E-state index contributed by atoms with van der Waals surface area (Å²) in [6.45, 7) is 2.90. The monoisotopic (exact) mass is 362 g/mol. The molecule has 0 saturated carbocycles. The highest BCUT2D eigenvalue weighted by atomic mass is 16.5. The molecule has 0 spiro atoms. The molecule has 2 aromatic carbocycles. The average Bonchev–Trinajstić information content (AvgIpc) is 2.70. The van der Waals surface area contributed by atoms with E-state index in [0.717, 1.165) is 61.5 Å². The van der Waals surface area contributed by atoms with Gasteiger partial charge in [0.25, 0.3) is 0 Å². The first kappa shape index (κ1) is 18.9. The number of aryl methyl sites for hydroxylation is 2. The minimum atomic E-state index is 0.302. The first-order valence-electron chi connectivity index (χ1n) is 9.57. The van der Waals surface area contributed by atoms with Crippen LogP contribution >= 0.6 is 0 Å². The maximum absolute atomic E-state index is 9.35. The zero-order chi connectivity index (χ0) is 18.9. The van der Waals surface area contributed by atoms with Gasteiger partial charge < -0.3 is 9.84 Å². The quantitative estimate of drug-likeness (QED) is 0.531. The Morgan fingerprint density at radius 1 is 0.963 bits per heavy atom. The number of phenols is 1. The highest BCUT2D eigenvalue weighted by molar-refractivity contribution is 5.60. The predicted molar refractivity (Wildman–Crippen MR) is 108 cm³/mol. The molecule has 0 aliphatic carbocycles. The van der Waals surface area contributed by atoms with Gasteiger partial charge in [-0.15, -0.1) is 0 Å². The number of phenolic OH excluding ortho intramolecular Hbond substituents is 1. The summed E-state index contributed by atoms with van der Waals surface area (Å²) in [6.07, 6.45) is 6.73. The number of hydrogen-bond donors (Lipinski definition) is 1. The van der Waals surface area contributed by atoms with Crippen molar-refractivity contribution in [3.8, 4) is 22.8 Å². The summed E-state index contributed by atoms with van der Waals surface area (Å²) < 4.78 is 5.80. The zero-order valence-electron chi connectivity index (χ0n) is 15.8. The van der Waals surface area contributed by atoms with Crippen LogP contribution < -0.4 is 4.74 Å². The van der Waals surface area contributed by atoms with Crippen LogP contribution in [-0.2, 0) is 12.8 Å². The summed E-state index contributed by atoms with van der Waals surface area (Å²) >= 11 is 0. The van der Waals surface area contributed by atoms with Gasteiger partial charge in [-0.3, -0.25) is 0 Å². The van der Waals surface area contributed by atoms with Gasteiger partial charge in [0.1, 0.15) is 17.3 Å². The van der Waals surface area contributed by atoms with E-state index in [9.17, 15) is 5.11 Å². The second-order valence-electron chi connectivity index (χ2n) is 6.61. The van der Waals surface area contributed by atoms with Gasteiger partial charge in [-0.05, 0) is 55.2 Å². The number of unbranched alkanes of at least 4 members (excludes halogenated alkanes) is 1. The van der Waals surface area contributed by atoms with E-state index in [1.807, 2.05) is 42.6 Å². The fourth-order valence-corrected chi connectivity index (χ4v) is 2.87. The van der Waals surface area contributed by atoms with Gasteiger partial charge in [0.15, 0.2) is 0 Å². The molecule has 0 unspecified atom stereocenters. The molecule has 1 heterocycles. The van der Waals surface area contributed by atoms with Gasteiger partial charge in [0.2, 0.25) is 0 Å². The minimum absolute atomic E-state index is 0.302. The molecule has 0 bridgehead atoms. The molecule has 1 aromatic heterocycles. The van der Waals surface area contributed by atoms with Crippen molar-refractivity contribution in [1.29, 1.82) is 0 Å². The van der Waals surface area contributed by atoms with Gasteiger partial charge in [-0.2, -0.15) is 0 Å². The molecule has 27 heavy (non-hydrogen) atoms. The Balaban J connectivity index is 1.61. The van der Waals surface area contributed by atoms with Gasteiger partial charge >= 0.3 is 0 Å². The Kier molecular flexibility index (Phi) is 6.80. The van der Waals surface area contributed by atoms with E-state index in [1.54, 1.807) is 12.1 Å². The van der Waals surface area contributed by atoms with Crippen LogP contribution in [0.15, 0.2) is 60.8 Å². The van der Waals surface area contributed by atoms with Crippen molar-refractivity contribution in [1.82, 2.24) is 9.97 Å². The maximum atomic E-state index is 9.35. The summed E-state index contributed by atoms with van der Waals surface area (Å²) in [5, 5.41) is 9.35. The Hall–Kier alpha value is -2.88. The average molecular weight is 362 g/mol. The molecule has 0 aliphatic heterocycles. The lowest BCUT2D eigenvalue weighted by molar-refractivity contribution is 0.309. The Labute approximate surface area is 160 Å². The number of nitrogens with zero attached hydrogens (tertiary/aromatic N) is 2. The van der Waals surface area contributed by atoms with Crippen LogP contribution in [0.3, 0.4) is 0 Å². The molecule has 4 heteroatoms. The maximum Gasteiger partial charge on any atom is 0.128 e. The molecule has 0 fully saturated rings. The van der Waals surface area contributed by atoms with Crippen molar-refractivity contribution in [3.63, 3.8) is 0 Å². The molecular formula is C23H26N2O2. The lowest BCUT2D eigenvalue weighted by Gasteiger charge is -2.08. The van der Waals surface area contributed by atoms with Crippen LogP contribution in [0.2, 0.25) is 0 Å². The predicted octanol–water partition coefficient (Wildman–Crippen LogP) is 5.20. The van der Waals surface area contributed by atoms with Crippen molar-refractivity contribution in [2.75, 3.05) is 6.61 Å². The van der Waals surface area contributed by atoms with Crippen molar-refractivity contribution >= 4 is 0 Å². The van der Waals surface area contributed by atoms with Gasteiger partial charge in [0.05, 0.1) is 12.3 Å². The van der Waals surface area contributed by atoms with E-state index in [1.165, 1.54) is 5.56 Å². The van der Waals surface area contributed by atoms with Crippen LogP contribution in [0.4, 0.5) is 0 Å². The molecule has 0 atom stereocenters. The molecule has 140 valence electrons. The summed E-state index contributed by atoms with van der Waals surface area (Å²) in [5.41, 5.74) is 3.18. The second-order valence-corrected chi connectivity index (χ2v) is 6.61. The van der Waals surface area contributed by atoms with E-state index in [0.29, 0.717) is 5.75 Å². The zero-order valence-corrected chi connectivity index (χ0v) is 15.8. The fourth-order valence-electron chi connectivity index (χ4n) is 2.87. The number of rotatable bonds is 9. The van der Waals surface area contributed by atoms with Crippen LogP contribution in [0.1, 0.15) is 37.6 Å². The number of benzene rings is 2. The summed E-state index contributed by atoms with van der Waals surface area (Å²) in [5.74, 6) is 2.03. The van der Waals surface area contributed by atoms with Crippen LogP contribution in [-0.4, -0.2) is 21.7 Å². The minimum Gasteiger partial charge on any atom is -0.508 e. The van der Waals surface area contributed by atoms with Gasteiger partial charge in [-0.1, -0.05) is 37.6 Å². The molecule has 0 amide bonds. The van der Waals surface area contributed by atoms with Crippen molar-refractivity contribution in [2.24, 2.45) is 0 Å². The Bertz CT molecular complexity index is 847. The molecule has 3 aromatic rings. The Morgan fingerprint density at radius 2 is 1.81 bits per heavy atom. The van der Waals surface area contributed by atoms with Crippen LogP contribution in [0.5, 0.6) is 11.5 Å². The lowest BCUT2D eigenvalue weighted by atomic mass is 10.1. The van der Waals surface area contributed by atoms with E-state index in [-0.39, 0.29) is 0 Å². The van der Waals surface area contributed by atoms with Gasteiger partial charge in [-0.25, -0.2) is 9.97 Å². The first-order chi connectivity index (χ1) is 13.2. The largest absolute Gasteiger partial charge is 0.508 e. The third-order valence-electron chi connectivity index (χ3n) is 4.40. The van der Waals surface area contributed by atoms with Crippen molar-refractivity contribution < 1.29 is 9.84 Å². The van der Waals surface area contributed by atoms with E-state index in [2.05, 4.69) is 18.0 Å². The molecule has 0 saturated heterocycles. The Morgan fingerprint density at radius 3 is 2.63 bits per heavy atom. The van der Waals surface area contributed by atoms with E-state index >= 15 is 0 Å². The molecule has 4 nitrogen and oxygen atoms in total. The van der Waals surface area contributed by atoms with E-state index in [4.69, 9.17) is 9.72 Å². The van der Waals surface area contributed by atoms with Gasteiger partial charge in [0, 0.05) is 18.2 Å². The molecule has 0 aliphatic rings. The number of hydrogen-bond acceptors (Lipinski definition) is 4. The smallest absolute Gasteiger partial charge is 0.128 e. The topological polar surface area (TPSA) is 55.2 Å². The number of aromatic hydroxyl groups is 1. The lowest BCUT2D eigenvalue weighted by Crippen LogP contribution is -1.99. The third-order valence-corrected chi connectivity index (χ3v) is 4.40. The number of aromatic nitrogens is 2. The van der Waals surface area contributed by atoms with Crippen LogP contribution in [0, 0.1) is 0 Å². The molecule has 1 N–H and O–H groups in total. The summed E-state index contributed by atoms with van der Waals surface area (Å²) in [6, 6.07) is 17.4. The molecule has 0 radical (unpaired) electrons. The second kappa shape index (κ2) is 9.72. The highest BCUT2D eigenvalue weighted by Gasteiger charge is 2.05. The summed E-state index contributed by atoms with van der Waals surface area (Å²) in [7, 11) is 0. The van der Waals surface area contributed by atoms with Crippen LogP contribution in [0.25, 0.3) is 11.3 Å². The van der Waals surface area contributed by atoms with Crippen molar-refractivity contribution in [3.05, 3.63) is 72.2 Å². The SMILES string of the molecule is CCCCOc1cccc(-c2ccnc(CCCc3ccc(O)cc3)n2)c1. The highest BCUT2D eigenvalue weighted by Crippen LogP contribution is 2.22. The summed E-state index contributed by atoms with van der Waals surface area (Å²) in [4.78, 5) is 9.13. The number of ether oxygens (including phenoxy) is 1. The third kappa shape index (κ3) is 5.81. The molecule has 3 rings (SSSR count).